The Labute approximate surface area is 90.5 Å². The Balaban J connectivity index is 2.84. The van der Waals surface area contributed by atoms with Gasteiger partial charge in [-0.3, -0.25) is 0 Å². The second-order valence-electron chi connectivity index (χ2n) is 4.62. The Bertz CT molecular complexity index is 497. The summed E-state index contributed by atoms with van der Waals surface area (Å²) in [6, 6.07) is 11.2. The predicted molar refractivity (Wildman–Crippen MR) is 68.2 cm³/mol. The number of fused-ring (bicyclic) bond motifs is 1. The summed E-state index contributed by atoms with van der Waals surface area (Å²) in [7, 11) is -1.10. The van der Waals surface area contributed by atoms with Gasteiger partial charge in [-0.05, 0) is 12.1 Å². The molecule has 2 heteroatoms. The fourth-order valence-corrected chi connectivity index (χ4v) is 3.27. The summed E-state index contributed by atoms with van der Waals surface area (Å²) >= 11 is 0. The fourth-order valence-electron chi connectivity index (χ4n) is 1.83. The highest BCUT2D eigenvalue weighted by molar-refractivity contribution is 7.81. The van der Waals surface area contributed by atoms with Gasteiger partial charge in [-0.2, -0.15) is 0 Å². The van der Waals surface area contributed by atoms with Gasteiger partial charge in [-0.25, -0.2) is 4.39 Å². The van der Waals surface area contributed by atoms with Crippen LogP contribution in [0.25, 0.3) is 10.8 Å². The predicted octanol–water partition coefficient (Wildman–Crippen LogP) is 3.51. The van der Waals surface area contributed by atoms with E-state index in [0.29, 0.717) is 0 Å². The van der Waals surface area contributed by atoms with Crippen LogP contribution in [0.2, 0.25) is 0 Å². The van der Waals surface area contributed by atoms with E-state index in [4.69, 9.17) is 0 Å². The summed E-state index contributed by atoms with van der Waals surface area (Å²) < 4.78 is 13.6. The molecule has 0 saturated carbocycles. The summed E-state index contributed by atoms with van der Waals surface area (Å²) in [5, 5.41) is 3.11. The van der Waals surface area contributed by atoms with Crippen LogP contribution in [0.15, 0.2) is 36.4 Å². The zero-order chi connectivity index (χ0) is 11.1. The first-order chi connectivity index (χ1) is 7.00. The average Bonchev–Trinajstić information content (AvgIpc) is 2.17. The van der Waals surface area contributed by atoms with Crippen LogP contribution in [0, 0.1) is 5.82 Å². The van der Waals surface area contributed by atoms with E-state index in [0.717, 1.165) is 10.8 Å². The largest absolute Gasteiger partial charge is 0.206 e. The van der Waals surface area contributed by atoms with Crippen molar-refractivity contribution in [2.45, 2.75) is 0 Å². The number of halogens is 1. The lowest BCUT2D eigenvalue weighted by Gasteiger charge is -2.14. The molecular weight excluding hydrogens is 206 g/mol. The fraction of sp³-hybridized carbons (Fsp3) is 0.231. The van der Waals surface area contributed by atoms with Gasteiger partial charge in [0, 0.05) is 18.0 Å². The molecule has 0 spiro atoms. The van der Waals surface area contributed by atoms with E-state index in [1.54, 1.807) is 6.07 Å². The summed E-state index contributed by atoms with van der Waals surface area (Å²) in [6.45, 7) is 6.77. The lowest BCUT2D eigenvalue weighted by molar-refractivity contribution is 0.640. The molecule has 0 nitrogen and oxygen atoms in total. The van der Waals surface area contributed by atoms with Crippen LogP contribution in [0.4, 0.5) is 4.39 Å². The first-order valence-electron chi connectivity index (χ1n) is 4.99. The third-order valence-electron chi connectivity index (χ3n) is 2.57. The second-order valence-corrected chi connectivity index (χ2v) is 9.13. The van der Waals surface area contributed by atoms with Gasteiger partial charge in [-0.1, -0.05) is 24.3 Å². The van der Waals surface area contributed by atoms with Crippen molar-refractivity contribution in [2.75, 3.05) is 20.0 Å². The monoisotopic (exact) mass is 221 g/mol. The Morgan fingerprint density at radius 3 is 2.07 bits per heavy atom. The number of hydrogen-bond acceptors (Lipinski definition) is 0. The van der Waals surface area contributed by atoms with E-state index in [1.165, 1.54) is 5.30 Å². The SMILES string of the molecule is C[P+](C)(C)c1ccc(F)c2ccccc12. The van der Waals surface area contributed by atoms with E-state index in [9.17, 15) is 4.39 Å². The van der Waals surface area contributed by atoms with Gasteiger partial charge in [-0.15, -0.1) is 0 Å². The van der Waals surface area contributed by atoms with Gasteiger partial charge in [0.2, 0.25) is 0 Å². The molecule has 0 saturated heterocycles. The van der Waals surface area contributed by atoms with Crippen molar-refractivity contribution in [1.82, 2.24) is 0 Å². The molecule has 0 aliphatic heterocycles. The molecule has 0 amide bonds. The highest BCUT2D eigenvalue weighted by atomic mass is 31.2. The van der Waals surface area contributed by atoms with Gasteiger partial charge in [0.25, 0.3) is 0 Å². The first kappa shape index (κ1) is 10.6. The zero-order valence-electron chi connectivity index (χ0n) is 9.29. The summed E-state index contributed by atoms with van der Waals surface area (Å²) in [4.78, 5) is 0. The summed E-state index contributed by atoms with van der Waals surface area (Å²) in [6.07, 6.45) is 0. The van der Waals surface area contributed by atoms with Crippen molar-refractivity contribution in [3.05, 3.63) is 42.2 Å². The summed E-state index contributed by atoms with van der Waals surface area (Å²) in [5.41, 5.74) is 0. The van der Waals surface area contributed by atoms with Crippen molar-refractivity contribution in [3.8, 4) is 0 Å². The topological polar surface area (TPSA) is 0 Å². The van der Waals surface area contributed by atoms with E-state index in [1.807, 2.05) is 30.3 Å². The molecule has 2 aromatic carbocycles. The maximum absolute atomic E-state index is 13.6. The average molecular weight is 221 g/mol. The van der Waals surface area contributed by atoms with Crippen molar-refractivity contribution in [2.24, 2.45) is 0 Å². The lowest BCUT2D eigenvalue weighted by Crippen LogP contribution is -2.09. The second kappa shape index (κ2) is 3.57. The van der Waals surface area contributed by atoms with Gasteiger partial charge in [0.05, 0.1) is 20.0 Å². The van der Waals surface area contributed by atoms with E-state index in [-0.39, 0.29) is 5.82 Å². The molecule has 0 unspecified atom stereocenters. The van der Waals surface area contributed by atoms with Crippen LogP contribution in [-0.2, 0) is 0 Å². The molecule has 0 radical (unpaired) electrons. The van der Waals surface area contributed by atoms with Crippen LogP contribution in [0.3, 0.4) is 0 Å². The number of benzene rings is 2. The van der Waals surface area contributed by atoms with Crippen LogP contribution < -0.4 is 5.30 Å². The van der Waals surface area contributed by atoms with Crippen LogP contribution >= 0.6 is 7.26 Å². The third-order valence-corrected chi connectivity index (χ3v) is 4.41. The molecule has 0 aliphatic rings. The van der Waals surface area contributed by atoms with Crippen molar-refractivity contribution in [3.63, 3.8) is 0 Å². The van der Waals surface area contributed by atoms with Crippen LogP contribution in [-0.4, -0.2) is 20.0 Å². The molecular formula is C13H15FP+. The molecule has 0 N–H and O–H groups in total. The van der Waals surface area contributed by atoms with Gasteiger partial charge in [0.15, 0.2) is 0 Å². The molecule has 2 aromatic rings. The van der Waals surface area contributed by atoms with Crippen molar-refractivity contribution < 1.29 is 4.39 Å². The number of hydrogen-bond donors (Lipinski definition) is 0. The highest BCUT2D eigenvalue weighted by Gasteiger charge is 2.24. The molecule has 0 atom stereocenters. The molecule has 0 aromatic heterocycles. The highest BCUT2D eigenvalue weighted by Crippen LogP contribution is 2.47. The molecule has 2 rings (SSSR count). The quantitative estimate of drug-likeness (QED) is 0.646. The van der Waals surface area contributed by atoms with E-state index >= 15 is 0 Å². The number of rotatable bonds is 1. The smallest absolute Gasteiger partial charge is 0.131 e. The zero-order valence-corrected chi connectivity index (χ0v) is 10.2. The van der Waals surface area contributed by atoms with Gasteiger partial charge < -0.3 is 0 Å². The van der Waals surface area contributed by atoms with E-state index < -0.39 is 7.26 Å². The van der Waals surface area contributed by atoms with Gasteiger partial charge >= 0.3 is 0 Å². The van der Waals surface area contributed by atoms with Crippen LogP contribution in [0.5, 0.6) is 0 Å². The molecule has 0 bridgehead atoms. The van der Waals surface area contributed by atoms with Crippen LogP contribution in [0.1, 0.15) is 0 Å². The normalized spacial score (nSPS) is 12.0. The minimum Gasteiger partial charge on any atom is -0.206 e. The Hall–Kier alpha value is -0.940. The maximum atomic E-state index is 13.6. The Morgan fingerprint density at radius 1 is 0.867 bits per heavy atom. The third kappa shape index (κ3) is 1.89. The van der Waals surface area contributed by atoms with Crippen molar-refractivity contribution in [1.29, 1.82) is 0 Å². The first-order valence-corrected chi connectivity index (χ1v) is 8.12. The minimum absolute atomic E-state index is 0.122. The Morgan fingerprint density at radius 2 is 1.47 bits per heavy atom. The molecule has 0 heterocycles. The molecule has 0 aliphatic carbocycles. The molecule has 15 heavy (non-hydrogen) atoms. The molecule has 78 valence electrons. The minimum atomic E-state index is -1.10. The van der Waals surface area contributed by atoms with E-state index in [2.05, 4.69) is 20.0 Å². The maximum Gasteiger partial charge on any atom is 0.131 e. The Kier molecular flexibility index (Phi) is 2.52. The van der Waals surface area contributed by atoms with Crippen molar-refractivity contribution >= 4 is 23.3 Å². The van der Waals surface area contributed by atoms with Gasteiger partial charge in [0.1, 0.15) is 11.1 Å². The lowest BCUT2D eigenvalue weighted by atomic mass is 10.1. The molecule has 0 fully saturated rings. The summed E-state index contributed by atoms with van der Waals surface area (Å²) in [5.74, 6) is -0.122. The standard InChI is InChI=1S/C13H15FP/c1-15(2,3)13-9-8-12(14)10-6-4-5-7-11(10)13/h4-9H,1-3H3/q+1.